The number of Topliss-reactive ketones (excluding diaryl/α,β-unsaturated/α-hetero) is 1. The lowest BCUT2D eigenvalue weighted by Gasteiger charge is -2.05. The highest BCUT2D eigenvalue weighted by Gasteiger charge is 2.22. The van der Waals surface area contributed by atoms with Gasteiger partial charge in [-0.15, -0.1) is 0 Å². The van der Waals surface area contributed by atoms with E-state index in [1.54, 1.807) is 0 Å². The lowest BCUT2D eigenvalue weighted by Crippen LogP contribution is -2.33. The third-order valence-corrected chi connectivity index (χ3v) is 1.80. The first-order valence-electron chi connectivity index (χ1n) is 3.74. The number of carbonyl (C=O) groups excluding carboxylic acids is 2. The smallest absolute Gasteiger partial charge is 0.224 e. The summed E-state index contributed by atoms with van der Waals surface area (Å²) in [6, 6.07) is -0.123. The van der Waals surface area contributed by atoms with Gasteiger partial charge in [0, 0.05) is 0 Å². The molecule has 1 amide bonds. The van der Waals surface area contributed by atoms with Crippen LogP contribution in [0.4, 0.5) is 0 Å². The molecule has 0 radical (unpaired) electrons. The number of nitrogens with two attached hydrogens (primary N) is 1. The molecule has 0 aromatic rings. The van der Waals surface area contributed by atoms with Crippen molar-refractivity contribution in [2.45, 2.75) is 25.3 Å². The second-order valence-corrected chi connectivity index (χ2v) is 2.76. The predicted molar refractivity (Wildman–Crippen MR) is 39.8 cm³/mol. The van der Waals surface area contributed by atoms with Crippen LogP contribution in [0.5, 0.6) is 0 Å². The maximum absolute atomic E-state index is 11.1. The topological polar surface area (TPSA) is 72.2 Å². The van der Waals surface area contributed by atoms with Crippen molar-refractivity contribution in [2.75, 3.05) is 6.54 Å². The van der Waals surface area contributed by atoms with Crippen LogP contribution in [0.3, 0.4) is 0 Å². The molecular formula is C7H12N2O2. The largest absolute Gasteiger partial charge is 0.369 e. The number of hydrogen-bond acceptors (Lipinski definition) is 3. The Labute approximate surface area is 65.1 Å². The first-order valence-corrected chi connectivity index (χ1v) is 3.74. The quantitative estimate of drug-likeness (QED) is 0.524. The molecule has 11 heavy (non-hydrogen) atoms. The van der Waals surface area contributed by atoms with Crippen molar-refractivity contribution in [2.24, 2.45) is 5.73 Å². The molecule has 0 unspecified atom stereocenters. The zero-order valence-electron chi connectivity index (χ0n) is 6.30. The van der Waals surface area contributed by atoms with E-state index in [4.69, 9.17) is 5.73 Å². The second-order valence-electron chi connectivity index (χ2n) is 2.76. The Bertz CT molecular complexity index is 173. The van der Waals surface area contributed by atoms with Gasteiger partial charge in [-0.1, -0.05) is 0 Å². The lowest BCUT2D eigenvalue weighted by atomic mass is 10.1. The van der Waals surface area contributed by atoms with Crippen LogP contribution in [-0.4, -0.2) is 24.3 Å². The summed E-state index contributed by atoms with van der Waals surface area (Å²) < 4.78 is 0. The average Bonchev–Trinajstić information content (AvgIpc) is 2.35. The number of hydrogen-bond donors (Lipinski definition) is 2. The summed E-state index contributed by atoms with van der Waals surface area (Å²) in [6.45, 7) is 0.870. The Kier molecular flexibility index (Phi) is 2.59. The predicted octanol–water partition coefficient (Wildman–Crippen LogP) is -0.817. The summed E-state index contributed by atoms with van der Waals surface area (Å²) >= 11 is 0. The van der Waals surface area contributed by atoms with E-state index < -0.39 is 5.91 Å². The molecule has 0 aromatic heterocycles. The Balaban J connectivity index is 2.34. The molecule has 1 heterocycles. The molecule has 62 valence electrons. The minimum Gasteiger partial charge on any atom is -0.369 e. The summed E-state index contributed by atoms with van der Waals surface area (Å²) in [5.74, 6) is -0.612. The number of ketones is 1. The van der Waals surface area contributed by atoms with Crippen molar-refractivity contribution >= 4 is 11.7 Å². The molecule has 1 aliphatic rings. The number of amides is 1. The Morgan fingerprint density at radius 3 is 2.73 bits per heavy atom. The van der Waals surface area contributed by atoms with Crippen molar-refractivity contribution in [3.8, 4) is 0 Å². The molecule has 0 spiro atoms. The van der Waals surface area contributed by atoms with E-state index in [0.717, 1.165) is 19.4 Å². The average molecular weight is 156 g/mol. The molecule has 1 fully saturated rings. The summed E-state index contributed by atoms with van der Waals surface area (Å²) in [5, 5.41) is 3.00. The first kappa shape index (κ1) is 8.20. The minimum atomic E-state index is -0.538. The Morgan fingerprint density at radius 2 is 2.27 bits per heavy atom. The van der Waals surface area contributed by atoms with Crippen LogP contribution in [0.2, 0.25) is 0 Å². The van der Waals surface area contributed by atoms with Crippen molar-refractivity contribution in [3.63, 3.8) is 0 Å². The maximum Gasteiger partial charge on any atom is 0.224 e. The van der Waals surface area contributed by atoms with Gasteiger partial charge in [0.25, 0.3) is 0 Å². The SMILES string of the molecule is NC(=O)CC(=O)[C@H]1CCCN1. The molecular weight excluding hydrogens is 144 g/mol. The molecule has 4 nitrogen and oxygen atoms in total. The molecule has 1 rings (SSSR count). The van der Waals surface area contributed by atoms with Gasteiger partial charge in [0.15, 0.2) is 5.78 Å². The molecule has 0 bridgehead atoms. The van der Waals surface area contributed by atoms with Gasteiger partial charge in [0.1, 0.15) is 0 Å². The zero-order valence-corrected chi connectivity index (χ0v) is 6.30. The molecule has 1 atom stereocenters. The zero-order chi connectivity index (χ0) is 8.27. The minimum absolute atomic E-state index is 0.0741. The van der Waals surface area contributed by atoms with Crippen molar-refractivity contribution in [1.82, 2.24) is 5.32 Å². The van der Waals surface area contributed by atoms with Crippen LogP contribution in [0.1, 0.15) is 19.3 Å². The van der Waals surface area contributed by atoms with E-state index in [9.17, 15) is 9.59 Å². The van der Waals surface area contributed by atoms with E-state index >= 15 is 0 Å². The summed E-state index contributed by atoms with van der Waals surface area (Å²) in [7, 11) is 0. The summed E-state index contributed by atoms with van der Waals surface area (Å²) in [5.41, 5.74) is 4.87. The van der Waals surface area contributed by atoms with Gasteiger partial charge in [-0.05, 0) is 19.4 Å². The highest BCUT2D eigenvalue weighted by Crippen LogP contribution is 2.06. The van der Waals surface area contributed by atoms with Gasteiger partial charge in [-0.25, -0.2) is 0 Å². The normalized spacial score (nSPS) is 23.5. The summed E-state index contributed by atoms with van der Waals surface area (Å²) in [6.07, 6.45) is 1.72. The standard InChI is InChI=1S/C7H12N2O2/c8-7(11)4-6(10)5-2-1-3-9-5/h5,9H,1-4H2,(H2,8,11)/t5-/m1/s1. The molecule has 4 heteroatoms. The second kappa shape index (κ2) is 3.48. The Morgan fingerprint density at radius 1 is 1.55 bits per heavy atom. The highest BCUT2D eigenvalue weighted by molar-refractivity contribution is 6.00. The molecule has 3 N–H and O–H groups in total. The number of rotatable bonds is 3. The Hall–Kier alpha value is -0.900. The van der Waals surface area contributed by atoms with Crippen LogP contribution in [0, 0.1) is 0 Å². The van der Waals surface area contributed by atoms with E-state index in [-0.39, 0.29) is 18.2 Å². The van der Waals surface area contributed by atoms with E-state index in [1.807, 2.05) is 0 Å². The number of primary amides is 1. The summed E-state index contributed by atoms with van der Waals surface area (Å²) in [4.78, 5) is 21.4. The molecule has 0 saturated carbocycles. The fourth-order valence-electron chi connectivity index (χ4n) is 1.25. The van der Waals surface area contributed by atoms with Gasteiger partial charge >= 0.3 is 0 Å². The maximum atomic E-state index is 11.1. The van der Waals surface area contributed by atoms with Gasteiger partial charge < -0.3 is 11.1 Å². The van der Waals surface area contributed by atoms with Crippen LogP contribution in [0.25, 0.3) is 0 Å². The van der Waals surface area contributed by atoms with Gasteiger partial charge in [-0.2, -0.15) is 0 Å². The molecule has 1 saturated heterocycles. The highest BCUT2D eigenvalue weighted by atomic mass is 16.2. The van der Waals surface area contributed by atoms with Gasteiger partial charge in [0.2, 0.25) is 5.91 Å². The first-order chi connectivity index (χ1) is 5.20. The lowest BCUT2D eigenvalue weighted by molar-refractivity contribution is -0.127. The molecule has 1 aliphatic heterocycles. The number of nitrogens with one attached hydrogen (secondary N) is 1. The van der Waals surface area contributed by atoms with Crippen molar-refractivity contribution in [3.05, 3.63) is 0 Å². The molecule has 0 aliphatic carbocycles. The monoisotopic (exact) mass is 156 g/mol. The third kappa shape index (κ3) is 2.31. The fraction of sp³-hybridized carbons (Fsp3) is 0.714. The van der Waals surface area contributed by atoms with Crippen LogP contribution >= 0.6 is 0 Å². The van der Waals surface area contributed by atoms with Gasteiger partial charge in [0.05, 0.1) is 12.5 Å². The van der Waals surface area contributed by atoms with E-state index in [1.165, 1.54) is 0 Å². The van der Waals surface area contributed by atoms with Gasteiger partial charge in [-0.3, -0.25) is 9.59 Å². The van der Waals surface area contributed by atoms with Crippen molar-refractivity contribution < 1.29 is 9.59 Å². The molecule has 0 aromatic carbocycles. The van der Waals surface area contributed by atoms with Crippen LogP contribution < -0.4 is 11.1 Å². The number of carbonyl (C=O) groups is 2. The third-order valence-electron chi connectivity index (χ3n) is 1.80. The van der Waals surface area contributed by atoms with E-state index in [2.05, 4.69) is 5.32 Å². The van der Waals surface area contributed by atoms with Crippen molar-refractivity contribution in [1.29, 1.82) is 0 Å². The van der Waals surface area contributed by atoms with Crippen LogP contribution in [-0.2, 0) is 9.59 Å². The van der Waals surface area contributed by atoms with E-state index in [0.29, 0.717) is 0 Å². The van der Waals surface area contributed by atoms with Crippen LogP contribution in [0.15, 0.2) is 0 Å². The fourth-order valence-corrected chi connectivity index (χ4v) is 1.25.